The van der Waals surface area contributed by atoms with Gasteiger partial charge in [0.2, 0.25) is 0 Å². The van der Waals surface area contributed by atoms with Gasteiger partial charge in [0.25, 0.3) is 0 Å². The average molecular weight is 197 g/mol. The highest BCUT2D eigenvalue weighted by Crippen LogP contribution is 2.31. The third-order valence-electron chi connectivity index (χ3n) is 2.10. The van der Waals surface area contributed by atoms with Gasteiger partial charge in [-0.15, -0.1) is 0 Å². The van der Waals surface area contributed by atoms with Gasteiger partial charge >= 0.3 is 0 Å². The van der Waals surface area contributed by atoms with E-state index in [0.29, 0.717) is 0 Å². The maximum Gasteiger partial charge on any atom is 0.184 e. The molecule has 1 aliphatic rings. The molecule has 4 heteroatoms. The largest absolute Gasteiger partial charge is 0.375 e. The predicted octanol–water partition coefficient (Wildman–Crippen LogP) is 2.32. The standard InChI is InChI=1S/C9H15N3S/c1-2-5-11-9-12-7-4-3-6-10-8(7)13-9/h10H,2-6H2,1H3,(H,11,12). The first kappa shape index (κ1) is 8.81. The van der Waals surface area contributed by atoms with Gasteiger partial charge in [-0.3, -0.25) is 0 Å². The van der Waals surface area contributed by atoms with Gasteiger partial charge in [-0.2, -0.15) is 0 Å². The Bertz CT molecular complexity index is 259. The summed E-state index contributed by atoms with van der Waals surface area (Å²) in [5.41, 5.74) is 1.25. The van der Waals surface area contributed by atoms with E-state index in [9.17, 15) is 0 Å². The minimum atomic E-state index is 1.02. The molecule has 3 nitrogen and oxygen atoms in total. The highest BCUT2D eigenvalue weighted by Gasteiger charge is 2.13. The Labute approximate surface area is 82.6 Å². The summed E-state index contributed by atoms with van der Waals surface area (Å²) in [5.74, 6) is 0. The number of hydrogen-bond acceptors (Lipinski definition) is 4. The van der Waals surface area contributed by atoms with Crippen LogP contribution in [0.25, 0.3) is 0 Å². The molecule has 2 heterocycles. The lowest BCUT2D eigenvalue weighted by Gasteiger charge is -2.10. The Hall–Kier alpha value is -0.770. The molecule has 0 unspecified atom stereocenters. The third kappa shape index (κ3) is 1.94. The maximum atomic E-state index is 4.53. The van der Waals surface area contributed by atoms with Crippen LogP contribution in [0.1, 0.15) is 25.5 Å². The summed E-state index contributed by atoms with van der Waals surface area (Å²) in [6, 6.07) is 0. The zero-order valence-corrected chi connectivity index (χ0v) is 8.71. The molecule has 1 aliphatic heterocycles. The lowest BCUT2D eigenvalue weighted by Crippen LogP contribution is -2.09. The van der Waals surface area contributed by atoms with E-state index in [1.165, 1.54) is 17.1 Å². The van der Waals surface area contributed by atoms with Crippen LogP contribution in [0.15, 0.2) is 0 Å². The number of aromatic nitrogens is 1. The molecule has 0 fully saturated rings. The second-order valence-corrected chi connectivity index (χ2v) is 4.25. The summed E-state index contributed by atoms with van der Waals surface area (Å²) in [6.45, 7) is 4.29. The molecule has 72 valence electrons. The van der Waals surface area contributed by atoms with Crippen molar-refractivity contribution in [3.8, 4) is 0 Å². The fourth-order valence-electron chi connectivity index (χ4n) is 1.42. The van der Waals surface area contributed by atoms with Crippen molar-refractivity contribution in [3.63, 3.8) is 0 Å². The molecule has 0 aromatic carbocycles. The molecular formula is C9H15N3S. The molecule has 13 heavy (non-hydrogen) atoms. The number of thiazole rings is 1. The van der Waals surface area contributed by atoms with Crippen molar-refractivity contribution >= 4 is 21.5 Å². The Kier molecular flexibility index (Phi) is 2.68. The zero-order valence-electron chi connectivity index (χ0n) is 7.89. The van der Waals surface area contributed by atoms with Crippen LogP contribution in [0.4, 0.5) is 10.1 Å². The molecule has 2 N–H and O–H groups in total. The van der Waals surface area contributed by atoms with Gasteiger partial charge < -0.3 is 10.6 Å². The van der Waals surface area contributed by atoms with Crippen LogP contribution < -0.4 is 10.6 Å². The van der Waals surface area contributed by atoms with Gasteiger partial charge in [0.1, 0.15) is 5.00 Å². The number of nitrogens with zero attached hydrogens (tertiary/aromatic N) is 1. The Morgan fingerprint density at radius 1 is 1.62 bits per heavy atom. The second kappa shape index (κ2) is 3.96. The average Bonchev–Trinajstić information content (AvgIpc) is 2.57. The van der Waals surface area contributed by atoms with Crippen molar-refractivity contribution in [1.82, 2.24) is 4.98 Å². The Morgan fingerprint density at radius 2 is 2.54 bits per heavy atom. The van der Waals surface area contributed by atoms with Gasteiger partial charge in [-0.05, 0) is 19.3 Å². The van der Waals surface area contributed by atoms with Crippen LogP contribution in [-0.2, 0) is 6.42 Å². The minimum absolute atomic E-state index is 1.02. The van der Waals surface area contributed by atoms with E-state index in [1.807, 2.05) is 0 Å². The van der Waals surface area contributed by atoms with Crippen molar-refractivity contribution < 1.29 is 0 Å². The third-order valence-corrected chi connectivity index (χ3v) is 3.11. The van der Waals surface area contributed by atoms with Gasteiger partial charge in [-0.1, -0.05) is 18.3 Å². The predicted molar refractivity (Wildman–Crippen MR) is 57.7 cm³/mol. The van der Waals surface area contributed by atoms with E-state index < -0.39 is 0 Å². The minimum Gasteiger partial charge on any atom is -0.375 e. The molecule has 0 saturated heterocycles. The fraction of sp³-hybridized carbons (Fsp3) is 0.667. The van der Waals surface area contributed by atoms with Crippen molar-refractivity contribution in [2.75, 3.05) is 23.7 Å². The van der Waals surface area contributed by atoms with Crippen LogP contribution >= 0.6 is 11.3 Å². The topological polar surface area (TPSA) is 37.0 Å². The lowest BCUT2D eigenvalue weighted by molar-refractivity contribution is 0.813. The molecule has 0 radical (unpaired) electrons. The van der Waals surface area contributed by atoms with Crippen molar-refractivity contribution in [2.24, 2.45) is 0 Å². The first-order valence-electron chi connectivity index (χ1n) is 4.87. The van der Waals surface area contributed by atoms with Gasteiger partial charge in [0.15, 0.2) is 5.13 Å². The normalized spacial score (nSPS) is 14.8. The molecular weight excluding hydrogens is 182 g/mol. The second-order valence-electron chi connectivity index (χ2n) is 3.25. The highest BCUT2D eigenvalue weighted by atomic mass is 32.1. The van der Waals surface area contributed by atoms with E-state index in [0.717, 1.165) is 31.1 Å². The number of hydrogen-bond donors (Lipinski definition) is 2. The van der Waals surface area contributed by atoms with Crippen molar-refractivity contribution in [2.45, 2.75) is 26.2 Å². The molecule has 2 rings (SSSR count). The number of aryl methyl sites for hydroxylation is 1. The number of fused-ring (bicyclic) bond motifs is 1. The van der Waals surface area contributed by atoms with E-state index in [1.54, 1.807) is 11.3 Å². The fourth-order valence-corrected chi connectivity index (χ4v) is 2.39. The van der Waals surface area contributed by atoms with E-state index in [-0.39, 0.29) is 0 Å². The summed E-state index contributed by atoms with van der Waals surface area (Å²) in [5, 5.41) is 9.03. The number of nitrogens with one attached hydrogen (secondary N) is 2. The van der Waals surface area contributed by atoms with Gasteiger partial charge in [0.05, 0.1) is 5.69 Å². The smallest absolute Gasteiger partial charge is 0.184 e. The molecule has 0 saturated carbocycles. The van der Waals surface area contributed by atoms with Crippen molar-refractivity contribution in [1.29, 1.82) is 0 Å². The highest BCUT2D eigenvalue weighted by molar-refractivity contribution is 7.19. The Balaban J connectivity index is 2.07. The first-order chi connectivity index (χ1) is 6.40. The molecule has 0 aliphatic carbocycles. The summed E-state index contributed by atoms with van der Waals surface area (Å²) in [4.78, 5) is 4.53. The van der Waals surface area contributed by atoms with Gasteiger partial charge in [0, 0.05) is 13.1 Å². The summed E-state index contributed by atoms with van der Waals surface area (Å²) in [7, 11) is 0. The summed E-state index contributed by atoms with van der Waals surface area (Å²) < 4.78 is 0. The van der Waals surface area contributed by atoms with Crippen LogP contribution in [-0.4, -0.2) is 18.1 Å². The SMILES string of the molecule is CCCNc1nc2c(s1)NCCC2. The quantitative estimate of drug-likeness (QED) is 0.781. The number of anilines is 2. The molecule has 0 amide bonds. The maximum absolute atomic E-state index is 4.53. The van der Waals surface area contributed by atoms with E-state index in [4.69, 9.17) is 0 Å². The summed E-state index contributed by atoms with van der Waals surface area (Å²) in [6.07, 6.45) is 3.49. The molecule has 1 aromatic heterocycles. The summed E-state index contributed by atoms with van der Waals surface area (Å²) >= 11 is 1.74. The van der Waals surface area contributed by atoms with E-state index >= 15 is 0 Å². The molecule has 0 bridgehead atoms. The van der Waals surface area contributed by atoms with E-state index in [2.05, 4.69) is 22.5 Å². The molecule has 0 atom stereocenters. The lowest BCUT2D eigenvalue weighted by atomic mass is 10.2. The monoisotopic (exact) mass is 197 g/mol. The molecule has 0 spiro atoms. The van der Waals surface area contributed by atoms with Crippen LogP contribution in [0, 0.1) is 0 Å². The zero-order chi connectivity index (χ0) is 9.10. The Morgan fingerprint density at radius 3 is 3.31 bits per heavy atom. The number of rotatable bonds is 3. The van der Waals surface area contributed by atoms with Crippen LogP contribution in [0.2, 0.25) is 0 Å². The van der Waals surface area contributed by atoms with Crippen LogP contribution in [0.3, 0.4) is 0 Å². The molecule has 1 aromatic rings. The van der Waals surface area contributed by atoms with Gasteiger partial charge in [-0.25, -0.2) is 4.98 Å². The van der Waals surface area contributed by atoms with Crippen molar-refractivity contribution in [3.05, 3.63) is 5.69 Å². The van der Waals surface area contributed by atoms with Crippen LogP contribution in [0.5, 0.6) is 0 Å². The first-order valence-corrected chi connectivity index (χ1v) is 5.69.